The Labute approximate surface area is 95.7 Å². The molecule has 0 saturated heterocycles. The fourth-order valence-corrected chi connectivity index (χ4v) is 2.35. The van der Waals surface area contributed by atoms with Gasteiger partial charge in [-0.15, -0.1) is 11.8 Å². The monoisotopic (exact) mass is 220 g/mol. The molecule has 1 aromatic heterocycles. The van der Waals surface area contributed by atoms with Crippen LogP contribution in [-0.2, 0) is 0 Å². The number of hydrogen-bond donors (Lipinski definition) is 0. The molecule has 0 spiro atoms. The van der Waals surface area contributed by atoms with E-state index in [9.17, 15) is 0 Å². The second kappa shape index (κ2) is 6.47. The summed E-state index contributed by atoms with van der Waals surface area (Å²) in [5, 5.41) is 8.91. The minimum atomic E-state index is 0.696. The first-order valence-corrected chi connectivity index (χ1v) is 6.26. The van der Waals surface area contributed by atoms with E-state index in [1.54, 1.807) is 18.0 Å². The molecule has 1 heterocycles. The smallest absolute Gasteiger partial charge is 0.102 e. The molecule has 0 fully saturated rings. The highest BCUT2D eigenvalue weighted by Crippen LogP contribution is 2.23. The van der Waals surface area contributed by atoms with E-state index in [4.69, 9.17) is 5.26 Å². The Morgan fingerprint density at radius 2 is 2.27 bits per heavy atom. The number of pyridine rings is 1. The molecule has 2 nitrogen and oxygen atoms in total. The summed E-state index contributed by atoms with van der Waals surface area (Å²) >= 11 is 1.76. The molecule has 0 aromatic carbocycles. The number of aryl methyl sites for hydroxylation is 1. The van der Waals surface area contributed by atoms with Crippen LogP contribution in [0.3, 0.4) is 0 Å². The molecule has 0 aliphatic heterocycles. The van der Waals surface area contributed by atoms with Crippen LogP contribution in [0.5, 0.6) is 0 Å². The Bertz CT molecular complexity index is 355. The maximum absolute atomic E-state index is 8.91. The third kappa shape index (κ3) is 3.93. The van der Waals surface area contributed by atoms with Crippen molar-refractivity contribution in [2.75, 3.05) is 5.75 Å². The molecule has 0 N–H and O–H groups in total. The molecule has 1 aromatic rings. The predicted molar refractivity (Wildman–Crippen MR) is 63.9 cm³/mol. The van der Waals surface area contributed by atoms with Gasteiger partial charge >= 0.3 is 0 Å². The van der Waals surface area contributed by atoms with Gasteiger partial charge in [0.05, 0.1) is 5.56 Å². The lowest BCUT2D eigenvalue weighted by Gasteiger charge is -2.03. The van der Waals surface area contributed by atoms with Gasteiger partial charge in [-0.05, 0) is 25.2 Å². The molecule has 0 aliphatic rings. The summed E-state index contributed by atoms with van der Waals surface area (Å²) in [7, 11) is 0. The van der Waals surface area contributed by atoms with Crippen molar-refractivity contribution < 1.29 is 0 Å². The van der Waals surface area contributed by atoms with Crippen molar-refractivity contribution in [2.45, 2.75) is 38.0 Å². The largest absolute Gasteiger partial charge is 0.260 e. The van der Waals surface area contributed by atoms with Crippen molar-refractivity contribution >= 4 is 11.8 Å². The van der Waals surface area contributed by atoms with Crippen LogP contribution in [0.25, 0.3) is 0 Å². The van der Waals surface area contributed by atoms with Crippen molar-refractivity contribution in [3.63, 3.8) is 0 Å². The Kier molecular flexibility index (Phi) is 5.20. The molecule has 0 saturated carbocycles. The van der Waals surface area contributed by atoms with Gasteiger partial charge in [0, 0.05) is 16.8 Å². The molecule has 0 amide bonds. The number of thioether (sulfide) groups is 1. The number of unbranched alkanes of at least 4 members (excludes halogenated alkanes) is 2. The molecule has 3 heteroatoms. The summed E-state index contributed by atoms with van der Waals surface area (Å²) in [5.41, 5.74) is 1.68. The minimum Gasteiger partial charge on any atom is -0.260 e. The van der Waals surface area contributed by atoms with Crippen LogP contribution in [0.2, 0.25) is 0 Å². The molecule has 0 radical (unpaired) electrons. The predicted octanol–water partition coefficient (Wildman–Crippen LogP) is 3.54. The van der Waals surface area contributed by atoms with Crippen molar-refractivity contribution in [2.24, 2.45) is 0 Å². The average Bonchev–Trinajstić information content (AvgIpc) is 2.25. The fraction of sp³-hybridized carbons (Fsp3) is 0.500. The molecule has 80 valence electrons. The van der Waals surface area contributed by atoms with E-state index in [2.05, 4.69) is 18.0 Å². The van der Waals surface area contributed by atoms with Crippen LogP contribution >= 0.6 is 11.8 Å². The number of hydrogen-bond acceptors (Lipinski definition) is 3. The second-order valence-electron chi connectivity index (χ2n) is 3.49. The summed E-state index contributed by atoms with van der Waals surface area (Å²) in [5.74, 6) is 1.09. The lowest BCUT2D eigenvalue weighted by atomic mass is 10.3. The molecule has 0 aliphatic carbocycles. The van der Waals surface area contributed by atoms with Gasteiger partial charge in [0.15, 0.2) is 0 Å². The third-order valence-corrected chi connectivity index (χ3v) is 3.27. The highest BCUT2D eigenvalue weighted by Gasteiger charge is 2.03. The van der Waals surface area contributed by atoms with E-state index in [-0.39, 0.29) is 0 Å². The molecule has 0 atom stereocenters. The Morgan fingerprint density at radius 3 is 2.93 bits per heavy atom. The van der Waals surface area contributed by atoms with Gasteiger partial charge < -0.3 is 0 Å². The van der Waals surface area contributed by atoms with E-state index in [1.165, 1.54) is 19.3 Å². The van der Waals surface area contributed by atoms with Crippen LogP contribution < -0.4 is 0 Å². The van der Waals surface area contributed by atoms with E-state index in [0.717, 1.165) is 16.3 Å². The van der Waals surface area contributed by atoms with E-state index in [0.29, 0.717) is 5.56 Å². The van der Waals surface area contributed by atoms with Gasteiger partial charge in [-0.2, -0.15) is 5.26 Å². The van der Waals surface area contributed by atoms with Gasteiger partial charge in [0.25, 0.3) is 0 Å². The SMILES string of the molecule is CCCCCSc1cc(C)ncc1C#N. The third-order valence-electron chi connectivity index (χ3n) is 2.13. The zero-order chi connectivity index (χ0) is 11.1. The minimum absolute atomic E-state index is 0.696. The summed E-state index contributed by atoms with van der Waals surface area (Å²) < 4.78 is 0. The first-order valence-electron chi connectivity index (χ1n) is 5.27. The van der Waals surface area contributed by atoms with Crippen molar-refractivity contribution in [1.82, 2.24) is 4.98 Å². The quantitative estimate of drug-likeness (QED) is 0.562. The van der Waals surface area contributed by atoms with Gasteiger partial charge in [0.2, 0.25) is 0 Å². The van der Waals surface area contributed by atoms with Crippen LogP contribution in [0, 0.1) is 18.3 Å². The maximum Gasteiger partial charge on any atom is 0.102 e. The summed E-state index contributed by atoms with van der Waals surface area (Å²) in [6.45, 7) is 4.15. The van der Waals surface area contributed by atoms with Crippen molar-refractivity contribution in [1.29, 1.82) is 5.26 Å². The van der Waals surface area contributed by atoms with Gasteiger partial charge in [0.1, 0.15) is 6.07 Å². The topological polar surface area (TPSA) is 36.7 Å². The number of nitriles is 1. The first kappa shape index (κ1) is 12.1. The van der Waals surface area contributed by atoms with Gasteiger partial charge in [-0.25, -0.2) is 0 Å². The van der Waals surface area contributed by atoms with Crippen molar-refractivity contribution in [3.05, 3.63) is 23.5 Å². The Hall–Kier alpha value is -1.01. The van der Waals surface area contributed by atoms with E-state index in [1.807, 2.05) is 13.0 Å². The van der Waals surface area contributed by atoms with Crippen molar-refractivity contribution in [3.8, 4) is 6.07 Å². The van der Waals surface area contributed by atoms with Crippen LogP contribution in [0.1, 0.15) is 37.4 Å². The average molecular weight is 220 g/mol. The Morgan fingerprint density at radius 1 is 1.47 bits per heavy atom. The van der Waals surface area contributed by atoms with Gasteiger partial charge in [-0.1, -0.05) is 19.8 Å². The van der Waals surface area contributed by atoms with Gasteiger partial charge in [-0.3, -0.25) is 4.98 Å². The highest BCUT2D eigenvalue weighted by molar-refractivity contribution is 7.99. The van der Waals surface area contributed by atoms with E-state index < -0.39 is 0 Å². The highest BCUT2D eigenvalue weighted by atomic mass is 32.2. The molecule has 0 bridgehead atoms. The molecular weight excluding hydrogens is 204 g/mol. The zero-order valence-electron chi connectivity index (χ0n) is 9.29. The first-order chi connectivity index (χ1) is 7.27. The number of nitrogens with zero attached hydrogens (tertiary/aromatic N) is 2. The number of aromatic nitrogens is 1. The second-order valence-corrected chi connectivity index (χ2v) is 4.63. The van der Waals surface area contributed by atoms with Crippen LogP contribution in [0.4, 0.5) is 0 Å². The number of rotatable bonds is 5. The zero-order valence-corrected chi connectivity index (χ0v) is 10.1. The summed E-state index contributed by atoms with van der Waals surface area (Å²) in [4.78, 5) is 5.19. The molecule has 15 heavy (non-hydrogen) atoms. The summed E-state index contributed by atoms with van der Waals surface area (Å²) in [6, 6.07) is 4.18. The van der Waals surface area contributed by atoms with Crippen LogP contribution in [0.15, 0.2) is 17.2 Å². The Balaban J connectivity index is 2.59. The maximum atomic E-state index is 8.91. The summed E-state index contributed by atoms with van der Waals surface area (Å²) in [6.07, 6.45) is 5.38. The fourth-order valence-electron chi connectivity index (χ4n) is 1.27. The van der Waals surface area contributed by atoms with E-state index >= 15 is 0 Å². The molecular formula is C12H16N2S. The lowest BCUT2D eigenvalue weighted by molar-refractivity contribution is 0.778. The standard InChI is InChI=1S/C12H16N2S/c1-3-4-5-6-15-12-7-10(2)14-9-11(12)8-13/h7,9H,3-6H2,1-2H3. The van der Waals surface area contributed by atoms with Crippen LogP contribution in [-0.4, -0.2) is 10.7 Å². The molecule has 1 rings (SSSR count). The normalized spacial score (nSPS) is 9.93. The lowest BCUT2D eigenvalue weighted by Crippen LogP contribution is -1.89. The molecule has 0 unspecified atom stereocenters.